The lowest BCUT2D eigenvalue weighted by molar-refractivity contribution is 0.676. The number of aryl methyl sites for hydroxylation is 2. The van der Waals surface area contributed by atoms with Gasteiger partial charge in [0.15, 0.2) is 0 Å². The van der Waals surface area contributed by atoms with Crippen molar-refractivity contribution < 1.29 is 0 Å². The molecule has 92 valence electrons. The molecule has 4 heteroatoms. The first-order valence-electron chi connectivity index (χ1n) is 6.02. The minimum Gasteiger partial charge on any atom is -0.362 e. The van der Waals surface area contributed by atoms with Gasteiger partial charge in [0, 0.05) is 21.9 Å². The maximum Gasteiger partial charge on any atom is 0.143 e. The zero-order valence-electron chi connectivity index (χ0n) is 10.6. The van der Waals surface area contributed by atoms with E-state index in [-0.39, 0.29) is 5.57 Å². The molecule has 0 aliphatic heterocycles. The number of aromatic amines is 1. The summed E-state index contributed by atoms with van der Waals surface area (Å²) in [4.78, 5) is 4.23. The second kappa shape index (κ2) is 5.33. The van der Waals surface area contributed by atoms with Crippen LogP contribution in [0.2, 0.25) is 0 Å². The Labute approximate surface area is 112 Å². The highest BCUT2D eigenvalue weighted by molar-refractivity contribution is 8.07. The monoisotopic (exact) mass is 257 g/mol. The van der Waals surface area contributed by atoms with Crippen molar-refractivity contribution in [2.75, 3.05) is 6.26 Å². The van der Waals surface area contributed by atoms with Crippen molar-refractivity contribution in [3.8, 4) is 12.1 Å². The lowest BCUT2D eigenvalue weighted by Crippen LogP contribution is -2.02. The first-order valence-corrected chi connectivity index (χ1v) is 7.24. The zero-order chi connectivity index (χ0) is 13.1. The smallest absolute Gasteiger partial charge is 0.143 e. The molecule has 1 aromatic heterocycles. The molecule has 0 fully saturated rings. The molecule has 18 heavy (non-hydrogen) atoms. The van der Waals surface area contributed by atoms with Crippen molar-refractivity contribution in [3.05, 3.63) is 28.1 Å². The second-order valence-corrected chi connectivity index (χ2v) is 5.24. The number of nitrogens with zero attached hydrogens (tertiary/aromatic N) is 2. The number of H-pyrrole nitrogens is 1. The number of nitrogens with one attached hydrogen (secondary N) is 1. The van der Waals surface area contributed by atoms with E-state index < -0.39 is 0 Å². The van der Waals surface area contributed by atoms with Gasteiger partial charge in [-0.25, -0.2) is 0 Å². The van der Waals surface area contributed by atoms with Crippen molar-refractivity contribution in [2.45, 2.75) is 32.6 Å². The maximum atomic E-state index is 9.07. The van der Waals surface area contributed by atoms with Crippen LogP contribution in [-0.2, 0) is 12.8 Å². The van der Waals surface area contributed by atoms with Crippen molar-refractivity contribution in [1.82, 2.24) is 4.98 Å². The van der Waals surface area contributed by atoms with Gasteiger partial charge < -0.3 is 4.98 Å². The molecule has 3 nitrogen and oxygen atoms in total. The molecule has 0 bridgehead atoms. The Morgan fingerprint density at radius 2 is 1.89 bits per heavy atom. The van der Waals surface area contributed by atoms with Gasteiger partial charge in [0.1, 0.15) is 17.7 Å². The van der Waals surface area contributed by atoms with Crippen LogP contribution in [0, 0.1) is 29.6 Å². The Balaban J connectivity index is 2.64. The van der Waals surface area contributed by atoms with Crippen LogP contribution in [0.3, 0.4) is 0 Å². The summed E-state index contributed by atoms with van der Waals surface area (Å²) in [5.74, 6) is 0. The normalized spacial score (nSPS) is 13.3. The molecule has 0 aromatic carbocycles. The van der Waals surface area contributed by atoms with Crippen LogP contribution in [0.25, 0.3) is 4.91 Å². The fraction of sp³-hybridized carbons (Fsp3) is 0.429. The molecule has 1 aliphatic carbocycles. The summed E-state index contributed by atoms with van der Waals surface area (Å²) < 4.78 is 0. The lowest BCUT2D eigenvalue weighted by atomic mass is 9.93. The van der Waals surface area contributed by atoms with E-state index >= 15 is 0 Å². The molecule has 1 heterocycles. The molecule has 0 unspecified atom stereocenters. The van der Waals surface area contributed by atoms with Gasteiger partial charge in [0.05, 0.1) is 0 Å². The molecular formula is C14H15N3S. The predicted molar refractivity (Wildman–Crippen MR) is 73.8 cm³/mol. The van der Waals surface area contributed by atoms with E-state index in [1.54, 1.807) is 0 Å². The van der Waals surface area contributed by atoms with Crippen LogP contribution in [0.1, 0.15) is 35.4 Å². The Morgan fingerprint density at radius 1 is 1.22 bits per heavy atom. The molecule has 0 atom stereocenters. The number of allylic oxidation sites excluding steroid dienone is 1. The number of thioether (sulfide) groups is 1. The average Bonchev–Trinajstić information content (AvgIpc) is 2.72. The van der Waals surface area contributed by atoms with Crippen molar-refractivity contribution >= 4 is 16.7 Å². The minimum absolute atomic E-state index is 0.220. The zero-order valence-corrected chi connectivity index (χ0v) is 11.4. The van der Waals surface area contributed by atoms with Gasteiger partial charge in [-0.3, -0.25) is 0 Å². The van der Waals surface area contributed by atoms with E-state index in [2.05, 4.69) is 4.98 Å². The van der Waals surface area contributed by atoms with Gasteiger partial charge >= 0.3 is 0 Å². The number of fused-ring (bicyclic) bond motifs is 1. The standard InChI is InChI=1S/C14H15N3S/c1-9-13(14(18-2)10(7-15)8-16)11-5-3-4-6-12(11)17-9/h17H,3-6H2,1-2H3. The highest BCUT2D eigenvalue weighted by Gasteiger charge is 2.22. The molecule has 0 radical (unpaired) electrons. The van der Waals surface area contributed by atoms with Gasteiger partial charge in [-0.1, -0.05) is 0 Å². The van der Waals surface area contributed by atoms with Crippen LogP contribution in [0.4, 0.5) is 0 Å². The topological polar surface area (TPSA) is 63.4 Å². The first kappa shape index (κ1) is 12.8. The number of hydrogen-bond donors (Lipinski definition) is 1. The molecule has 1 aromatic rings. The Bertz CT molecular complexity index is 565. The van der Waals surface area contributed by atoms with Crippen LogP contribution < -0.4 is 0 Å². The molecule has 0 amide bonds. The quantitative estimate of drug-likeness (QED) is 0.827. The molecule has 1 N–H and O–H groups in total. The van der Waals surface area contributed by atoms with E-state index in [1.807, 2.05) is 25.3 Å². The molecule has 0 saturated heterocycles. The molecule has 2 rings (SSSR count). The number of nitriles is 2. The molecular weight excluding hydrogens is 242 g/mol. The highest BCUT2D eigenvalue weighted by atomic mass is 32.2. The van der Waals surface area contributed by atoms with Gasteiger partial charge in [-0.2, -0.15) is 10.5 Å². The fourth-order valence-corrected chi connectivity index (χ4v) is 3.37. The average molecular weight is 257 g/mol. The van der Waals surface area contributed by atoms with Crippen molar-refractivity contribution in [2.24, 2.45) is 0 Å². The van der Waals surface area contributed by atoms with Crippen LogP contribution in [0.15, 0.2) is 5.57 Å². The van der Waals surface area contributed by atoms with Gasteiger partial charge in [0.25, 0.3) is 0 Å². The summed E-state index contributed by atoms with van der Waals surface area (Å²) in [5, 5.41) is 18.1. The molecule has 0 saturated carbocycles. The van der Waals surface area contributed by atoms with E-state index in [9.17, 15) is 0 Å². The Hall–Kier alpha value is -1.65. The van der Waals surface area contributed by atoms with E-state index in [0.29, 0.717) is 0 Å². The van der Waals surface area contributed by atoms with Crippen molar-refractivity contribution in [3.63, 3.8) is 0 Å². The summed E-state index contributed by atoms with van der Waals surface area (Å²) in [6.07, 6.45) is 6.45. The number of aromatic nitrogens is 1. The highest BCUT2D eigenvalue weighted by Crippen LogP contribution is 2.37. The van der Waals surface area contributed by atoms with E-state index in [1.165, 1.54) is 35.9 Å². The summed E-state index contributed by atoms with van der Waals surface area (Å²) in [6, 6.07) is 4.02. The van der Waals surface area contributed by atoms with Crippen LogP contribution in [0.5, 0.6) is 0 Å². The Kier molecular flexibility index (Phi) is 3.79. The van der Waals surface area contributed by atoms with E-state index in [0.717, 1.165) is 29.0 Å². The van der Waals surface area contributed by atoms with Crippen LogP contribution in [-0.4, -0.2) is 11.2 Å². The third-order valence-electron chi connectivity index (χ3n) is 3.36. The summed E-state index contributed by atoms with van der Waals surface area (Å²) >= 11 is 1.49. The van der Waals surface area contributed by atoms with Gasteiger partial charge in [0.2, 0.25) is 0 Å². The maximum absolute atomic E-state index is 9.07. The van der Waals surface area contributed by atoms with E-state index in [4.69, 9.17) is 10.5 Å². The number of hydrogen-bond acceptors (Lipinski definition) is 3. The van der Waals surface area contributed by atoms with Crippen molar-refractivity contribution in [1.29, 1.82) is 10.5 Å². The summed E-state index contributed by atoms with van der Waals surface area (Å²) in [7, 11) is 0. The number of rotatable bonds is 2. The third-order valence-corrected chi connectivity index (χ3v) is 4.18. The van der Waals surface area contributed by atoms with Gasteiger partial charge in [-0.05, 0) is 44.4 Å². The first-order chi connectivity index (χ1) is 8.72. The molecule has 0 spiro atoms. The molecule has 1 aliphatic rings. The summed E-state index contributed by atoms with van der Waals surface area (Å²) in [6.45, 7) is 2.02. The SMILES string of the molecule is CSC(=C(C#N)C#N)c1c(C)[nH]c2c1CCCC2. The Morgan fingerprint density at radius 3 is 2.50 bits per heavy atom. The summed E-state index contributed by atoms with van der Waals surface area (Å²) in [5.41, 5.74) is 4.99. The third kappa shape index (κ3) is 2.05. The predicted octanol–water partition coefficient (Wildman–Crippen LogP) is 3.32. The fourth-order valence-electron chi connectivity index (χ4n) is 2.60. The second-order valence-electron chi connectivity index (χ2n) is 4.42. The van der Waals surface area contributed by atoms with Gasteiger partial charge in [-0.15, -0.1) is 11.8 Å². The minimum atomic E-state index is 0.220. The largest absolute Gasteiger partial charge is 0.362 e. The van der Waals surface area contributed by atoms with Crippen LogP contribution >= 0.6 is 11.8 Å². The lowest BCUT2D eigenvalue weighted by Gasteiger charge is -2.13.